The summed E-state index contributed by atoms with van der Waals surface area (Å²) >= 11 is 1.40. The third-order valence-corrected chi connectivity index (χ3v) is 11.3. The smallest absolute Gasteiger partial charge is 0.216 e. The van der Waals surface area contributed by atoms with E-state index in [9.17, 15) is 14.4 Å². The van der Waals surface area contributed by atoms with Crippen molar-refractivity contribution in [3.63, 3.8) is 0 Å². The van der Waals surface area contributed by atoms with Crippen LogP contribution < -0.4 is 5.32 Å². The molecule has 4 fully saturated rings. The minimum Gasteiger partial charge on any atom is -0.356 e. The molecule has 8 atom stereocenters. The molecule has 0 heterocycles. The van der Waals surface area contributed by atoms with Gasteiger partial charge in [0, 0.05) is 38.0 Å². The van der Waals surface area contributed by atoms with Gasteiger partial charge in [-0.2, -0.15) is 0 Å². The Hall–Kier alpha value is -0.840. The Morgan fingerprint density at radius 1 is 1.06 bits per heavy atom. The molecule has 1 N–H and O–H groups in total. The van der Waals surface area contributed by atoms with Crippen LogP contribution in [0.3, 0.4) is 0 Å². The lowest BCUT2D eigenvalue weighted by atomic mass is 9.44. The summed E-state index contributed by atoms with van der Waals surface area (Å²) in [4.78, 5) is 36.1. The van der Waals surface area contributed by atoms with Crippen molar-refractivity contribution in [3.05, 3.63) is 0 Å². The molecule has 31 heavy (non-hydrogen) atoms. The summed E-state index contributed by atoms with van der Waals surface area (Å²) in [6.07, 6.45) is 10.2. The zero-order chi connectivity index (χ0) is 22.4. The van der Waals surface area contributed by atoms with E-state index in [4.69, 9.17) is 0 Å². The summed E-state index contributed by atoms with van der Waals surface area (Å²) in [7, 11) is 0. The molecule has 1 unspecified atom stereocenters. The van der Waals surface area contributed by atoms with Crippen molar-refractivity contribution in [3.8, 4) is 0 Å². The average molecular weight is 448 g/mol. The number of hydrogen-bond acceptors (Lipinski definition) is 4. The third-order valence-electron chi connectivity index (χ3n) is 10.3. The van der Waals surface area contributed by atoms with Crippen LogP contribution >= 0.6 is 11.8 Å². The van der Waals surface area contributed by atoms with Crippen LogP contribution in [0.4, 0.5) is 0 Å². The maximum absolute atomic E-state index is 13.0. The van der Waals surface area contributed by atoms with E-state index in [-0.39, 0.29) is 17.2 Å². The molecule has 0 radical (unpaired) electrons. The van der Waals surface area contributed by atoms with Gasteiger partial charge in [-0.15, -0.1) is 0 Å². The van der Waals surface area contributed by atoms with E-state index in [2.05, 4.69) is 26.1 Å². The van der Waals surface area contributed by atoms with Crippen LogP contribution in [0.15, 0.2) is 0 Å². The number of carbonyl (C=O) groups is 3. The highest BCUT2D eigenvalue weighted by Gasteiger charge is 2.61. The lowest BCUT2D eigenvalue weighted by molar-refractivity contribution is -0.141. The van der Waals surface area contributed by atoms with Gasteiger partial charge in [-0.25, -0.2) is 0 Å². The second kappa shape index (κ2) is 8.83. The van der Waals surface area contributed by atoms with Crippen LogP contribution in [0.5, 0.6) is 0 Å². The number of thioether (sulfide) groups is 1. The van der Waals surface area contributed by atoms with Gasteiger partial charge in [0.2, 0.25) is 5.91 Å². The molecular weight excluding hydrogens is 406 g/mol. The third kappa shape index (κ3) is 4.13. The first-order valence-corrected chi connectivity index (χ1v) is 13.6. The van der Waals surface area contributed by atoms with Gasteiger partial charge >= 0.3 is 0 Å². The lowest BCUT2D eigenvalue weighted by Crippen LogP contribution is -2.54. The van der Waals surface area contributed by atoms with Crippen LogP contribution in [0, 0.1) is 46.3 Å². The molecule has 0 aliphatic heterocycles. The monoisotopic (exact) mass is 447 g/mol. The Morgan fingerprint density at radius 3 is 2.55 bits per heavy atom. The molecule has 4 nitrogen and oxygen atoms in total. The lowest BCUT2D eigenvalue weighted by Gasteiger charge is -2.60. The van der Waals surface area contributed by atoms with Crippen LogP contribution in [-0.4, -0.2) is 29.1 Å². The van der Waals surface area contributed by atoms with Crippen LogP contribution in [0.25, 0.3) is 0 Å². The van der Waals surface area contributed by atoms with E-state index in [1.54, 1.807) is 0 Å². The molecule has 0 bridgehead atoms. The zero-order valence-electron chi connectivity index (χ0n) is 19.9. The van der Waals surface area contributed by atoms with Crippen molar-refractivity contribution >= 4 is 28.6 Å². The highest BCUT2D eigenvalue weighted by Crippen LogP contribution is 2.68. The van der Waals surface area contributed by atoms with Crippen molar-refractivity contribution in [1.29, 1.82) is 0 Å². The molecule has 4 rings (SSSR count). The van der Waals surface area contributed by atoms with Crippen LogP contribution in [-0.2, 0) is 14.4 Å². The summed E-state index contributed by atoms with van der Waals surface area (Å²) in [5.74, 6) is 4.61. The summed E-state index contributed by atoms with van der Waals surface area (Å²) in [5, 5.41) is 3.10. The second-order valence-corrected chi connectivity index (χ2v) is 12.7. The van der Waals surface area contributed by atoms with Crippen molar-refractivity contribution in [2.45, 2.75) is 85.5 Å². The van der Waals surface area contributed by atoms with Gasteiger partial charge in [-0.3, -0.25) is 14.4 Å². The van der Waals surface area contributed by atoms with Crippen molar-refractivity contribution in [2.24, 2.45) is 46.3 Å². The van der Waals surface area contributed by atoms with Crippen LogP contribution in [0.1, 0.15) is 85.5 Å². The van der Waals surface area contributed by atoms with Crippen LogP contribution in [0.2, 0.25) is 0 Å². The van der Waals surface area contributed by atoms with Crippen molar-refractivity contribution in [2.75, 3.05) is 12.3 Å². The molecule has 5 heteroatoms. The number of Topliss-reactive ketones (excluding diaryl/α,β-unsaturated/α-hetero) is 1. The summed E-state index contributed by atoms with van der Waals surface area (Å²) < 4.78 is 0. The fraction of sp³-hybridized carbons (Fsp3) is 0.885. The Balaban J connectivity index is 1.43. The number of carbonyl (C=O) groups excluding carboxylic acids is 3. The minimum absolute atomic E-state index is 0.0326. The molecule has 4 aliphatic carbocycles. The summed E-state index contributed by atoms with van der Waals surface area (Å²) in [6, 6.07) is 0. The highest BCUT2D eigenvalue weighted by atomic mass is 32.2. The molecular formula is C26H41NO3S. The Kier molecular flexibility index (Phi) is 6.65. The fourth-order valence-corrected chi connectivity index (χ4v) is 9.41. The molecule has 174 valence electrons. The van der Waals surface area contributed by atoms with Gasteiger partial charge in [-0.1, -0.05) is 32.5 Å². The minimum atomic E-state index is -0.0326. The first-order valence-electron chi connectivity index (χ1n) is 12.6. The SMILES string of the molecule is CC(=O)NCCSC(=O)[C@@H](C)[C@H]1CC[C@H]2[C@@H]3CCC4CC(=O)CC[C@]4(C)[C@H]3CC[C@]12C. The normalized spacial score (nSPS) is 42.8. The van der Waals surface area contributed by atoms with Gasteiger partial charge in [0.05, 0.1) is 0 Å². The largest absolute Gasteiger partial charge is 0.356 e. The van der Waals surface area contributed by atoms with E-state index in [1.165, 1.54) is 57.2 Å². The van der Waals surface area contributed by atoms with Gasteiger partial charge < -0.3 is 5.32 Å². The number of ketones is 1. The Morgan fingerprint density at radius 2 is 1.81 bits per heavy atom. The molecule has 4 aliphatic rings. The molecule has 0 saturated heterocycles. The number of hydrogen-bond donors (Lipinski definition) is 1. The van der Waals surface area contributed by atoms with E-state index in [1.807, 2.05) is 0 Å². The Labute approximate surface area is 192 Å². The van der Waals surface area contributed by atoms with E-state index in [0.29, 0.717) is 40.4 Å². The molecule has 1 amide bonds. The van der Waals surface area contributed by atoms with E-state index < -0.39 is 0 Å². The van der Waals surface area contributed by atoms with Crippen molar-refractivity contribution in [1.82, 2.24) is 5.32 Å². The van der Waals surface area contributed by atoms with Gasteiger partial charge in [-0.05, 0) is 85.4 Å². The van der Waals surface area contributed by atoms with E-state index >= 15 is 0 Å². The quantitative estimate of drug-likeness (QED) is 0.585. The number of amides is 1. The average Bonchev–Trinajstić information content (AvgIpc) is 3.08. The predicted octanol–water partition coefficient (Wildman–Crippen LogP) is 5.25. The molecule has 0 spiro atoms. The molecule has 0 aromatic rings. The number of nitrogens with one attached hydrogen (secondary N) is 1. The van der Waals surface area contributed by atoms with Gasteiger partial charge in [0.1, 0.15) is 5.78 Å². The van der Waals surface area contributed by atoms with Gasteiger partial charge in [0.15, 0.2) is 5.12 Å². The summed E-state index contributed by atoms with van der Waals surface area (Å²) in [5.41, 5.74) is 0.638. The number of rotatable bonds is 5. The zero-order valence-corrected chi connectivity index (χ0v) is 20.7. The second-order valence-electron chi connectivity index (χ2n) is 11.6. The maximum atomic E-state index is 13.0. The molecule has 0 aromatic heterocycles. The van der Waals surface area contributed by atoms with Gasteiger partial charge in [0.25, 0.3) is 0 Å². The predicted molar refractivity (Wildman–Crippen MR) is 126 cm³/mol. The topological polar surface area (TPSA) is 63.2 Å². The van der Waals surface area contributed by atoms with E-state index in [0.717, 1.165) is 37.0 Å². The highest BCUT2D eigenvalue weighted by molar-refractivity contribution is 8.13. The standard InChI is InChI=1S/C26H41NO3S/c1-16(24(30)31-14-13-27-17(2)28)21-7-8-22-20-6-5-18-15-19(29)9-11-25(18,3)23(20)10-12-26(21,22)4/h16,18,20-23H,5-15H2,1-4H3,(H,27,28)/t16-,18?,20-,21+,22-,23-,25-,26+/m0/s1. The maximum Gasteiger partial charge on any atom is 0.216 e. The van der Waals surface area contributed by atoms with Crippen molar-refractivity contribution < 1.29 is 14.4 Å². The Bertz CT molecular complexity index is 738. The molecule has 4 saturated carbocycles. The summed E-state index contributed by atoms with van der Waals surface area (Å²) in [6.45, 7) is 9.24. The first kappa shape index (κ1) is 23.3. The number of fused-ring (bicyclic) bond motifs is 5. The first-order chi connectivity index (χ1) is 14.7. The molecule has 0 aromatic carbocycles. The fourth-order valence-electron chi connectivity index (χ4n) is 8.58.